The number of ether oxygens (including phenoxy) is 1. The van der Waals surface area contributed by atoms with E-state index in [9.17, 15) is 4.79 Å². The maximum absolute atomic E-state index is 13.0. The normalized spacial score (nSPS) is 32.0. The summed E-state index contributed by atoms with van der Waals surface area (Å²) in [7, 11) is 1.74. The summed E-state index contributed by atoms with van der Waals surface area (Å²) < 4.78 is 5.43. The Morgan fingerprint density at radius 1 is 1.26 bits per heavy atom. The minimum absolute atomic E-state index is 0.0282. The number of hydrogen-bond acceptors (Lipinski definition) is 2. The highest BCUT2D eigenvalue weighted by Crippen LogP contribution is 2.61. The number of methoxy groups -OCH3 is 1. The van der Waals surface area contributed by atoms with E-state index >= 15 is 0 Å². The number of carbonyl (C=O) groups is 1. The molecule has 0 radical (unpaired) electrons. The topological polar surface area (TPSA) is 38.3 Å². The van der Waals surface area contributed by atoms with Crippen molar-refractivity contribution < 1.29 is 9.53 Å². The fourth-order valence-electron chi connectivity index (χ4n) is 6.01. The van der Waals surface area contributed by atoms with Crippen LogP contribution in [0.15, 0.2) is 29.8 Å². The van der Waals surface area contributed by atoms with Gasteiger partial charge in [0.2, 0.25) is 5.91 Å². The molecule has 0 heterocycles. The van der Waals surface area contributed by atoms with Crippen molar-refractivity contribution in [3.63, 3.8) is 0 Å². The predicted molar refractivity (Wildman–Crippen MR) is 109 cm³/mol. The summed E-state index contributed by atoms with van der Waals surface area (Å²) in [6.07, 6.45) is 7.94. The van der Waals surface area contributed by atoms with Gasteiger partial charge in [0, 0.05) is 16.5 Å². The number of aryl methyl sites for hydroxylation is 1. The van der Waals surface area contributed by atoms with Gasteiger partial charge in [0.1, 0.15) is 5.75 Å². The molecule has 1 aromatic carbocycles. The molecule has 0 saturated heterocycles. The van der Waals surface area contributed by atoms with Crippen molar-refractivity contribution >= 4 is 5.91 Å². The number of allylic oxidation sites excluding steroid dienone is 1. The Balaban J connectivity index is 1.59. The lowest BCUT2D eigenvalue weighted by Gasteiger charge is -2.50. The molecule has 1 aromatic rings. The van der Waals surface area contributed by atoms with Crippen LogP contribution >= 0.6 is 0 Å². The summed E-state index contributed by atoms with van der Waals surface area (Å²) in [6, 6.07) is 6.64. The second kappa shape index (κ2) is 6.39. The second-order valence-electron chi connectivity index (χ2n) is 9.99. The van der Waals surface area contributed by atoms with Crippen molar-refractivity contribution in [3.8, 4) is 5.75 Å². The predicted octanol–water partition coefficient (Wildman–Crippen LogP) is 5.00. The number of fused-ring (bicyclic) bond motifs is 5. The molecule has 3 aliphatic carbocycles. The third-order valence-electron chi connectivity index (χ3n) is 7.25. The van der Waals surface area contributed by atoms with E-state index in [0.29, 0.717) is 17.8 Å². The Morgan fingerprint density at radius 3 is 2.74 bits per heavy atom. The van der Waals surface area contributed by atoms with Crippen molar-refractivity contribution in [2.45, 2.75) is 71.3 Å². The molecule has 3 heteroatoms. The molecule has 3 nitrogen and oxygen atoms in total. The van der Waals surface area contributed by atoms with Crippen LogP contribution in [0.5, 0.6) is 5.75 Å². The van der Waals surface area contributed by atoms with Crippen LogP contribution in [-0.4, -0.2) is 18.6 Å². The molecule has 146 valence electrons. The number of amides is 1. The largest absolute Gasteiger partial charge is 0.497 e. The highest BCUT2D eigenvalue weighted by atomic mass is 16.5. The Hall–Kier alpha value is -1.77. The van der Waals surface area contributed by atoms with E-state index in [4.69, 9.17) is 4.74 Å². The third kappa shape index (κ3) is 3.09. The molecule has 1 fully saturated rings. The number of nitrogens with one attached hydrogen (secondary N) is 1. The third-order valence-corrected chi connectivity index (χ3v) is 7.25. The molecular weight excluding hydrogens is 334 g/mol. The maximum atomic E-state index is 13.0. The molecule has 0 unspecified atom stereocenters. The summed E-state index contributed by atoms with van der Waals surface area (Å²) in [6.45, 7) is 8.52. The lowest BCUT2D eigenvalue weighted by molar-refractivity contribution is -0.120. The van der Waals surface area contributed by atoms with Crippen LogP contribution in [-0.2, 0) is 11.2 Å². The number of hydrogen-bond donors (Lipinski definition) is 1. The first-order valence-electron chi connectivity index (χ1n) is 10.4. The first-order valence-corrected chi connectivity index (χ1v) is 10.4. The van der Waals surface area contributed by atoms with E-state index in [2.05, 4.69) is 57.3 Å². The molecule has 1 saturated carbocycles. The van der Waals surface area contributed by atoms with Gasteiger partial charge in [-0.1, -0.05) is 19.1 Å². The molecule has 4 atom stereocenters. The summed E-state index contributed by atoms with van der Waals surface area (Å²) in [5.74, 6) is 3.02. The van der Waals surface area contributed by atoms with Crippen molar-refractivity contribution in [1.82, 2.24) is 5.32 Å². The zero-order chi connectivity index (χ0) is 19.4. The fourth-order valence-corrected chi connectivity index (χ4v) is 6.01. The van der Waals surface area contributed by atoms with Gasteiger partial charge < -0.3 is 10.1 Å². The van der Waals surface area contributed by atoms with E-state index < -0.39 is 0 Å². The smallest absolute Gasteiger partial charge is 0.247 e. The Morgan fingerprint density at radius 2 is 2.04 bits per heavy atom. The monoisotopic (exact) mass is 367 g/mol. The van der Waals surface area contributed by atoms with Gasteiger partial charge >= 0.3 is 0 Å². The summed E-state index contributed by atoms with van der Waals surface area (Å²) in [5.41, 5.74) is 3.88. The van der Waals surface area contributed by atoms with Crippen LogP contribution in [0.25, 0.3) is 0 Å². The average Bonchev–Trinajstić information content (AvgIpc) is 2.96. The quantitative estimate of drug-likeness (QED) is 0.798. The van der Waals surface area contributed by atoms with Crippen molar-refractivity contribution in [1.29, 1.82) is 0 Å². The number of benzene rings is 1. The molecule has 0 spiro atoms. The SMILES string of the molecule is COc1ccc2c(c1)CC[C@@H]1[C@@H]2CC[C@@]2(C)C(C(=O)NC(C)(C)C)=CC[C@@H]12. The summed E-state index contributed by atoms with van der Waals surface area (Å²) in [4.78, 5) is 13.0. The molecule has 1 amide bonds. The van der Waals surface area contributed by atoms with Crippen LogP contribution in [0.3, 0.4) is 0 Å². The van der Waals surface area contributed by atoms with Gasteiger partial charge in [-0.3, -0.25) is 4.79 Å². The molecule has 0 bridgehead atoms. The minimum Gasteiger partial charge on any atom is -0.497 e. The first-order chi connectivity index (χ1) is 12.7. The van der Waals surface area contributed by atoms with Gasteiger partial charge in [0.15, 0.2) is 0 Å². The first kappa shape index (κ1) is 18.6. The fraction of sp³-hybridized carbons (Fsp3) is 0.625. The lowest BCUT2D eigenvalue weighted by Crippen LogP contribution is -2.47. The van der Waals surface area contributed by atoms with Crippen LogP contribution in [0.2, 0.25) is 0 Å². The Bertz CT molecular complexity index is 788. The summed E-state index contributed by atoms with van der Waals surface area (Å²) >= 11 is 0. The standard InChI is InChI=1S/C24H33NO2/c1-23(2,3)25-22(26)21-11-10-20-19-8-6-15-14-16(27-5)7-9-17(15)18(19)12-13-24(20,21)4/h7,9,11,14,18-20H,6,8,10,12-13H2,1-5H3,(H,25,26)/t18-,19-,20+,24-/m1/s1. The Labute approximate surface area is 163 Å². The van der Waals surface area contributed by atoms with Crippen molar-refractivity contribution in [3.05, 3.63) is 41.0 Å². The number of carbonyl (C=O) groups excluding carboxylic acids is 1. The minimum atomic E-state index is -0.188. The molecule has 0 aliphatic heterocycles. The Kier molecular flexibility index (Phi) is 4.40. The lowest BCUT2D eigenvalue weighted by atomic mass is 9.54. The highest BCUT2D eigenvalue weighted by Gasteiger charge is 2.53. The number of rotatable bonds is 2. The molecule has 4 rings (SSSR count). The zero-order valence-electron chi connectivity index (χ0n) is 17.4. The average molecular weight is 368 g/mol. The van der Waals surface area contributed by atoms with Crippen LogP contribution in [0.4, 0.5) is 0 Å². The van der Waals surface area contributed by atoms with Crippen LogP contribution in [0, 0.1) is 17.3 Å². The van der Waals surface area contributed by atoms with Gasteiger partial charge in [-0.2, -0.15) is 0 Å². The second-order valence-corrected chi connectivity index (χ2v) is 9.99. The highest BCUT2D eigenvalue weighted by molar-refractivity contribution is 5.95. The maximum Gasteiger partial charge on any atom is 0.247 e. The molecular formula is C24H33NO2. The van der Waals surface area contributed by atoms with Crippen molar-refractivity contribution in [2.75, 3.05) is 7.11 Å². The van der Waals surface area contributed by atoms with Gasteiger partial charge in [-0.15, -0.1) is 0 Å². The van der Waals surface area contributed by atoms with Gasteiger partial charge in [-0.05, 0) is 93.9 Å². The van der Waals surface area contributed by atoms with Crippen LogP contribution in [0.1, 0.15) is 70.4 Å². The molecule has 1 N–H and O–H groups in total. The van der Waals surface area contributed by atoms with E-state index in [1.165, 1.54) is 24.0 Å². The van der Waals surface area contributed by atoms with Gasteiger partial charge in [0.05, 0.1) is 7.11 Å². The van der Waals surface area contributed by atoms with E-state index in [1.54, 1.807) is 7.11 Å². The van der Waals surface area contributed by atoms with E-state index in [1.807, 2.05) is 0 Å². The van der Waals surface area contributed by atoms with E-state index in [-0.39, 0.29) is 16.9 Å². The zero-order valence-corrected chi connectivity index (χ0v) is 17.4. The van der Waals surface area contributed by atoms with Crippen molar-refractivity contribution in [2.24, 2.45) is 17.3 Å². The molecule has 27 heavy (non-hydrogen) atoms. The van der Waals surface area contributed by atoms with Gasteiger partial charge in [-0.25, -0.2) is 0 Å². The molecule has 3 aliphatic rings. The molecule has 0 aromatic heterocycles. The van der Waals surface area contributed by atoms with Gasteiger partial charge in [0.25, 0.3) is 0 Å². The summed E-state index contributed by atoms with van der Waals surface area (Å²) in [5, 5.41) is 3.20. The van der Waals surface area contributed by atoms with Crippen LogP contribution < -0.4 is 10.1 Å². The van der Waals surface area contributed by atoms with E-state index in [0.717, 1.165) is 30.6 Å².